The first-order chi connectivity index (χ1) is 14.7. The molecule has 154 valence electrons. The maximum absolute atomic E-state index is 13.1. The summed E-state index contributed by atoms with van der Waals surface area (Å²) >= 11 is 0. The van der Waals surface area contributed by atoms with E-state index in [0.717, 1.165) is 22.0 Å². The molecule has 5 nitrogen and oxygen atoms in total. The highest BCUT2D eigenvalue weighted by molar-refractivity contribution is 6.04. The predicted molar refractivity (Wildman–Crippen MR) is 121 cm³/mol. The van der Waals surface area contributed by atoms with E-state index in [2.05, 4.69) is 23.1 Å². The maximum atomic E-state index is 13.1. The van der Waals surface area contributed by atoms with Crippen molar-refractivity contribution in [3.8, 4) is 0 Å². The summed E-state index contributed by atoms with van der Waals surface area (Å²) in [6.07, 6.45) is 0. The second-order valence-corrected chi connectivity index (χ2v) is 7.57. The SMILES string of the molecule is CCN(C(=O)CN1CCN(C(=O)c2ccccc2)CC1)c1cccc2ccccc12. The van der Waals surface area contributed by atoms with E-state index in [1.807, 2.05) is 71.3 Å². The standard InChI is InChI=1S/C25H27N3O2/c1-2-28(23-14-8-12-20-9-6-7-13-22(20)23)24(29)19-26-15-17-27(18-16-26)25(30)21-10-4-3-5-11-21/h3-14H,2,15-19H2,1H3. The van der Waals surface area contributed by atoms with Crippen molar-refractivity contribution in [2.45, 2.75) is 6.92 Å². The molecule has 0 unspecified atom stereocenters. The molecule has 1 aliphatic heterocycles. The Morgan fingerprint density at radius 3 is 2.23 bits per heavy atom. The van der Waals surface area contributed by atoms with Crippen LogP contribution in [0.5, 0.6) is 0 Å². The van der Waals surface area contributed by atoms with Gasteiger partial charge in [0.1, 0.15) is 0 Å². The van der Waals surface area contributed by atoms with Crippen molar-refractivity contribution in [3.05, 3.63) is 78.4 Å². The summed E-state index contributed by atoms with van der Waals surface area (Å²) in [6, 6.07) is 23.6. The van der Waals surface area contributed by atoms with Crippen LogP contribution in [0.4, 0.5) is 5.69 Å². The summed E-state index contributed by atoms with van der Waals surface area (Å²) in [6.45, 7) is 5.69. The quantitative estimate of drug-likeness (QED) is 0.656. The van der Waals surface area contributed by atoms with Gasteiger partial charge >= 0.3 is 0 Å². The smallest absolute Gasteiger partial charge is 0.253 e. The van der Waals surface area contributed by atoms with Gasteiger partial charge in [0.05, 0.1) is 12.2 Å². The van der Waals surface area contributed by atoms with Crippen molar-refractivity contribution in [2.75, 3.05) is 44.2 Å². The zero-order chi connectivity index (χ0) is 20.9. The Balaban J connectivity index is 1.40. The summed E-state index contributed by atoms with van der Waals surface area (Å²) in [5.74, 6) is 0.157. The topological polar surface area (TPSA) is 43.9 Å². The first-order valence-electron chi connectivity index (χ1n) is 10.5. The number of anilines is 1. The summed E-state index contributed by atoms with van der Waals surface area (Å²) in [4.78, 5) is 31.6. The van der Waals surface area contributed by atoms with Gasteiger partial charge in [-0.05, 0) is 30.5 Å². The largest absolute Gasteiger partial charge is 0.336 e. The Bertz CT molecular complexity index is 1020. The van der Waals surface area contributed by atoms with Crippen LogP contribution in [0.25, 0.3) is 10.8 Å². The van der Waals surface area contributed by atoms with Gasteiger partial charge in [0.2, 0.25) is 5.91 Å². The molecule has 3 aromatic rings. The van der Waals surface area contributed by atoms with Crippen LogP contribution >= 0.6 is 0 Å². The van der Waals surface area contributed by atoms with Crippen LogP contribution < -0.4 is 4.90 Å². The van der Waals surface area contributed by atoms with Crippen molar-refractivity contribution in [1.82, 2.24) is 9.80 Å². The minimum Gasteiger partial charge on any atom is -0.336 e. The number of benzene rings is 3. The minimum absolute atomic E-state index is 0.0625. The van der Waals surface area contributed by atoms with Gasteiger partial charge in [-0.3, -0.25) is 14.5 Å². The number of carbonyl (C=O) groups excluding carboxylic acids is 2. The molecule has 1 saturated heterocycles. The second kappa shape index (κ2) is 9.09. The molecule has 0 bridgehead atoms. The Morgan fingerprint density at radius 2 is 1.50 bits per heavy atom. The van der Waals surface area contributed by atoms with Crippen molar-refractivity contribution in [3.63, 3.8) is 0 Å². The molecular formula is C25H27N3O2. The van der Waals surface area contributed by atoms with Crippen LogP contribution in [-0.4, -0.2) is 60.9 Å². The number of carbonyl (C=O) groups is 2. The third kappa shape index (κ3) is 4.21. The van der Waals surface area contributed by atoms with Crippen molar-refractivity contribution < 1.29 is 9.59 Å². The molecule has 5 heteroatoms. The average molecular weight is 402 g/mol. The fourth-order valence-electron chi connectivity index (χ4n) is 4.07. The first kappa shape index (κ1) is 20.1. The molecule has 0 spiro atoms. The minimum atomic E-state index is 0.0625. The molecule has 0 aromatic heterocycles. The Kier molecular flexibility index (Phi) is 6.10. The zero-order valence-corrected chi connectivity index (χ0v) is 17.3. The fourth-order valence-corrected chi connectivity index (χ4v) is 4.07. The second-order valence-electron chi connectivity index (χ2n) is 7.57. The summed E-state index contributed by atoms with van der Waals surface area (Å²) in [7, 11) is 0. The lowest BCUT2D eigenvalue weighted by Crippen LogP contribution is -2.51. The molecular weight excluding hydrogens is 374 g/mol. The van der Waals surface area contributed by atoms with Gasteiger partial charge in [0.15, 0.2) is 0 Å². The van der Waals surface area contributed by atoms with Crippen LogP contribution in [0, 0.1) is 0 Å². The van der Waals surface area contributed by atoms with Gasteiger partial charge in [-0.2, -0.15) is 0 Å². The van der Waals surface area contributed by atoms with E-state index in [0.29, 0.717) is 39.3 Å². The molecule has 4 rings (SSSR count). The molecule has 0 radical (unpaired) electrons. The van der Waals surface area contributed by atoms with Crippen LogP contribution in [0.15, 0.2) is 72.8 Å². The molecule has 0 aliphatic carbocycles. The molecule has 0 atom stereocenters. The molecule has 1 heterocycles. The van der Waals surface area contributed by atoms with Crippen LogP contribution in [0.1, 0.15) is 17.3 Å². The van der Waals surface area contributed by atoms with Gasteiger partial charge < -0.3 is 9.80 Å². The molecule has 0 saturated carbocycles. The Hall–Kier alpha value is -3.18. The number of likely N-dealkylation sites (N-methyl/N-ethyl adjacent to an activating group) is 1. The number of hydrogen-bond donors (Lipinski definition) is 0. The lowest BCUT2D eigenvalue weighted by atomic mass is 10.1. The molecule has 0 N–H and O–H groups in total. The summed E-state index contributed by atoms with van der Waals surface area (Å²) in [5.41, 5.74) is 1.67. The lowest BCUT2D eigenvalue weighted by molar-refractivity contribution is -0.120. The third-order valence-corrected chi connectivity index (χ3v) is 5.71. The number of piperazine rings is 1. The van der Waals surface area contributed by atoms with Crippen molar-refractivity contribution in [1.29, 1.82) is 0 Å². The lowest BCUT2D eigenvalue weighted by Gasteiger charge is -2.35. The van der Waals surface area contributed by atoms with Gasteiger partial charge in [-0.1, -0.05) is 54.6 Å². The number of nitrogens with zero attached hydrogens (tertiary/aromatic N) is 3. The predicted octanol–water partition coefficient (Wildman–Crippen LogP) is 3.65. The zero-order valence-electron chi connectivity index (χ0n) is 17.3. The van der Waals surface area contributed by atoms with E-state index in [-0.39, 0.29) is 11.8 Å². The van der Waals surface area contributed by atoms with E-state index in [1.54, 1.807) is 0 Å². The summed E-state index contributed by atoms with van der Waals surface area (Å²) in [5, 5.41) is 2.22. The Labute approximate surface area is 177 Å². The number of rotatable bonds is 5. The fraction of sp³-hybridized carbons (Fsp3) is 0.280. The number of amides is 2. The molecule has 1 fully saturated rings. The van der Waals surface area contributed by atoms with Crippen LogP contribution in [0.2, 0.25) is 0 Å². The van der Waals surface area contributed by atoms with E-state index in [4.69, 9.17) is 0 Å². The molecule has 2 amide bonds. The van der Waals surface area contributed by atoms with Crippen LogP contribution in [-0.2, 0) is 4.79 Å². The van der Waals surface area contributed by atoms with Gasteiger partial charge in [-0.15, -0.1) is 0 Å². The van der Waals surface area contributed by atoms with E-state index >= 15 is 0 Å². The number of hydrogen-bond acceptors (Lipinski definition) is 3. The van der Waals surface area contributed by atoms with Gasteiger partial charge in [-0.25, -0.2) is 0 Å². The van der Waals surface area contributed by atoms with E-state index in [1.165, 1.54) is 0 Å². The van der Waals surface area contributed by atoms with E-state index < -0.39 is 0 Å². The Morgan fingerprint density at radius 1 is 0.833 bits per heavy atom. The number of fused-ring (bicyclic) bond motifs is 1. The van der Waals surface area contributed by atoms with Crippen LogP contribution in [0.3, 0.4) is 0 Å². The first-order valence-corrected chi connectivity index (χ1v) is 10.5. The average Bonchev–Trinajstić information content (AvgIpc) is 2.80. The van der Waals surface area contributed by atoms with Gasteiger partial charge in [0, 0.05) is 43.7 Å². The maximum Gasteiger partial charge on any atom is 0.253 e. The van der Waals surface area contributed by atoms with Crippen molar-refractivity contribution in [2.24, 2.45) is 0 Å². The monoisotopic (exact) mass is 401 g/mol. The third-order valence-electron chi connectivity index (χ3n) is 5.71. The van der Waals surface area contributed by atoms with Gasteiger partial charge in [0.25, 0.3) is 5.91 Å². The normalized spacial score (nSPS) is 14.6. The highest BCUT2D eigenvalue weighted by atomic mass is 16.2. The van der Waals surface area contributed by atoms with Crippen molar-refractivity contribution >= 4 is 28.3 Å². The molecule has 30 heavy (non-hydrogen) atoms. The molecule has 3 aromatic carbocycles. The van der Waals surface area contributed by atoms with E-state index in [9.17, 15) is 9.59 Å². The molecule has 1 aliphatic rings. The highest BCUT2D eigenvalue weighted by Gasteiger charge is 2.25. The highest BCUT2D eigenvalue weighted by Crippen LogP contribution is 2.27. The summed E-state index contributed by atoms with van der Waals surface area (Å²) < 4.78 is 0.